The Kier molecular flexibility index (Phi) is 6.05. The van der Waals surface area contributed by atoms with Crippen molar-refractivity contribution >= 4 is 21.9 Å². The fourth-order valence-corrected chi connectivity index (χ4v) is 1.79. The lowest BCUT2D eigenvalue weighted by atomic mass is 10.1. The van der Waals surface area contributed by atoms with E-state index in [2.05, 4.69) is 27.6 Å². The molecule has 0 bridgehead atoms. The summed E-state index contributed by atoms with van der Waals surface area (Å²) in [6.45, 7) is 2.78. The van der Waals surface area contributed by atoms with Gasteiger partial charge in [0.2, 0.25) is 0 Å². The summed E-state index contributed by atoms with van der Waals surface area (Å²) in [5.41, 5.74) is 0.849. The number of halogens is 1. The standard InChI is InChI=1S/C13H17BrO3/c1-3-4-7-17-12-6-5-11(14)8-10(12)9-13(15)16-2/h5-6,8H,3-4,7,9H2,1-2H3. The lowest BCUT2D eigenvalue weighted by molar-refractivity contribution is -0.139. The molecule has 0 N–H and O–H groups in total. The first-order chi connectivity index (χ1) is 8.17. The highest BCUT2D eigenvalue weighted by Crippen LogP contribution is 2.24. The minimum atomic E-state index is -0.261. The first-order valence-corrected chi connectivity index (χ1v) is 6.44. The Hall–Kier alpha value is -1.03. The van der Waals surface area contributed by atoms with Gasteiger partial charge in [-0.25, -0.2) is 0 Å². The van der Waals surface area contributed by atoms with E-state index in [1.54, 1.807) is 0 Å². The van der Waals surface area contributed by atoms with Gasteiger partial charge in [0.1, 0.15) is 5.75 Å². The van der Waals surface area contributed by atoms with Crippen molar-refractivity contribution in [3.63, 3.8) is 0 Å². The first kappa shape index (κ1) is 14.0. The minimum absolute atomic E-state index is 0.234. The Morgan fingerprint density at radius 3 is 2.82 bits per heavy atom. The van der Waals surface area contributed by atoms with Crippen LogP contribution in [-0.4, -0.2) is 19.7 Å². The van der Waals surface area contributed by atoms with Crippen molar-refractivity contribution in [1.82, 2.24) is 0 Å². The number of ether oxygens (including phenoxy) is 2. The maximum Gasteiger partial charge on any atom is 0.310 e. The van der Waals surface area contributed by atoms with E-state index < -0.39 is 0 Å². The molecule has 0 fully saturated rings. The van der Waals surface area contributed by atoms with E-state index in [0.29, 0.717) is 6.61 Å². The van der Waals surface area contributed by atoms with Gasteiger partial charge in [-0.05, 0) is 24.6 Å². The monoisotopic (exact) mass is 300 g/mol. The number of hydrogen-bond acceptors (Lipinski definition) is 3. The number of benzene rings is 1. The average Bonchev–Trinajstić information content (AvgIpc) is 2.32. The maximum absolute atomic E-state index is 11.3. The van der Waals surface area contributed by atoms with Crippen LogP contribution < -0.4 is 4.74 Å². The van der Waals surface area contributed by atoms with Gasteiger partial charge in [-0.2, -0.15) is 0 Å². The zero-order valence-electron chi connectivity index (χ0n) is 10.2. The number of hydrogen-bond donors (Lipinski definition) is 0. The van der Waals surface area contributed by atoms with Crippen LogP contribution in [0, 0.1) is 0 Å². The average molecular weight is 301 g/mol. The van der Waals surface area contributed by atoms with E-state index in [-0.39, 0.29) is 12.4 Å². The number of unbranched alkanes of at least 4 members (excludes halogenated alkanes) is 1. The molecule has 0 spiro atoms. The Balaban J connectivity index is 2.76. The van der Waals surface area contributed by atoms with Crippen LogP contribution in [0.3, 0.4) is 0 Å². The van der Waals surface area contributed by atoms with Crippen molar-refractivity contribution in [2.45, 2.75) is 26.2 Å². The molecule has 0 unspecified atom stereocenters. The highest BCUT2D eigenvalue weighted by atomic mass is 79.9. The number of carbonyl (C=O) groups excluding carboxylic acids is 1. The van der Waals surface area contributed by atoms with E-state index >= 15 is 0 Å². The van der Waals surface area contributed by atoms with Crippen LogP contribution in [0.5, 0.6) is 5.75 Å². The van der Waals surface area contributed by atoms with Crippen molar-refractivity contribution in [3.8, 4) is 5.75 Å². The van der Waals surface area contributed by atoms with E-state index in [1.807, 2.05) is 18.2 Å². The van der Waals surface area contributed by atoms with Crippen LogP contribution in [0.4, 0.5) is 0 Å². The van der Waals surface area contributed by atoms with Gasteiger partial charge in [0.05, 0.1) is 20.1 Å². The molecule has 4 heteroatoms. The lowest BCUT2D eigenvalue weighted by Crippen LogP contribution is -2.07. The topological polar surface area (TPSA) is 35.5 Å². The van der Waals surface area contributed by atoms with Gasteiger partial charge in [-0.3, -0.25) is 4.79 Å². The molecule has 0 aliphatic carbocycles. The smallest absolute Gasteiger partial charge is 0.310 e. The minimum Gasteiger partial charge on any atom is -0.493 e. The van der Waals surface area contributed by atoms with Gasteiger partial charge in [0, 0.05) is 10.0 Å². The Bertz CT molecular complexity index is 377. The molecule has 0 aromatic heterocycles. The molecule has 1 rings (SSSR count). The molecule has 0 heterocycles. The molecule has 0 amide bonds. The second kappa shape index (κ2) is 7.33. The summed E-state index contributed by atoms with van der Waals surface area (Å²) in [6, 6.07) is 5.66. The number of methoxy groups -OCH3 is 1. The normalized spacial score (nSPS) is 10.1. The molecule has 0 aliphatic rings. The fourth-order valence-electron chi connectivity index (χ4n) is 1.38. The zero-order valence-corrected chi connectivity index (χ0v) is 11.7. The molecule has 0 radical (unpaired) electrons. The largest absolute Gasteiger partial charge is 0.493 e. The maximum atomic E-state index is 11.3. The number of rotatable bonds is 6. The van der Waals surface area contributed by atoms with E-state index in [1.165, 1.54) is 7.11 Å². The van der Waals surface area contributed by atoms with Gasteiger partial charge in [-0.15, -0.1) is 0 Å². The van der Waals surface area contributed by atoms with Crippen molar-refractivity contribution in [2.75, 3.05) is 13.7 Å². The fraction of sp³-hybridized carbons (Fsp3) is 0.462. The third kappa shape index (κ3) is 4.77. The van der Waals surface area contributed by atoms with Gasteiger partial charge in [-0.1, -0.05) is 29.3 Å². The second-order valence-electron chi connectivity index (χ2n) is 3.71. The predicted molar refractivity (Wildman–Crippen MR) is 70.3 cm³/mol. The summed E-state index contributed by atoms with van der Waals surface area (Å²) < 4.78 is 11.2. The van der Waals surface area contributed by atoms with Gasteiger partial charge < -0.3 is 9.47 Å². The van der Waals surface area contributed by atoms with Crippen LogP contribution in [0.1, 0.15) is 25.3 Å². The third-order valence-corrected chi connectivity index (χ3v) is 2.83. The predicted octanol–water partition coefficient (Wildman–Crippen LogP) is 3.34. The third-order valence-electron chi connectivity index (χ3n) is 2.34. The molecule has 0 saturated carbocycles. The molecule has 0 aliphatic heterocycles. The SMILES string of the molecule is CCCCOc1ccc(Br)cc1CC(=O)OC. The second-order valence-corrected chi connectivity index (χ2v) is 4.62. The van der Waals surface area contributed by atoms with Crippen molar-refractivity contribution < 1.29 is 14.3 Å². The van der Waals surface area contributed by atoms with Crippen LogP contribution >= 0.6 is 15.9 Å². The van der Waals surface area contributed by atoms with Crippen LogP contribution in [0.25, 0.3) is 0 Å². The molecule has 94 valence electrons. The molecule has 1 aromatic rings. The summed E-state index contributed by atoms with van der Waals surface area (Å²) in [4.78, 5) is 11.3. The summed E-state index contributed by atoms with van der Waals surface area (Å²) in [5, 5.41) is 0. The van der Waals surface area contributed by atoms with Gasteiger partial charge in [0.25, 0.3) is 0 Å². The molecular formula is C13H17BrO3. The Morgan fingerprint density at radius 2 is 2.18 bits per heavy atom. The van der Waals surface area contributed by atoms with E-state index in [4.69, 9.17) is 4.74 Å². The molecular weight excluding hydrogens is 284 g/mol. The quantitative estimate of drug-likeness (QED) is 0.597. The van der Waals surface area contributed by atoms with Crippen LogP contribution in [-0.2, 0) is 16.0 Å². The van der Waals surface area contributed by atoms with Crippen molar-refractivity contribution in [2.24, 2.45) is 0 Å². The van der Waals surface area contributed by atoms with E-state index in [0.717, 1.165) is 28.6 Å². The molecule has 3 nitrogen and oxygen atoms in total. The molecule has 0 atom stereocenters. The van der Waals surface area contributed by atoms with Gasteiger partial charge in [0.15, 0.2) is 0 Å². The van der Waals surface area contributed by atoms with E-state index in [9.17, 15) is 4.79 Å². The number of carbonyl (C=O) groups is 1. The molecule has 0 saturated heterocycles. The highest BCUT2D eigenvalue weighted by Gasteiger charge is 2.09. The summed E-state index contributed by atoms with van der Waals surface area (Å²) in [6.07, 6.45) is 2.33. The van der Waals surface area contributed by atoms with Crippen LogP contribution in [0.15, 0.2) is 22.7 Å². The van der Waals surface area contributed by atoms with Crippen molar-refractivity contribution in [1.29, 1.82) is 0 Å². The summed E-state index contributed by atoms with van der Waals surface area (Å²) in [5.74, 6) is 0.496. The first-order valence-electron chi connectivity index (χ1n) is 5.65. The highest BCUT2D eigenvalue weighted by molar-refractivity contribution is 9.10. The molecule has 17 heavy (non-hydrogen) atoms. The summed E-state index contributed by atoms with van der Waals surface area (Å²) in [7, 11) is 1.39. The Morgan fingerprint density at radius 1 is 1.41 bits per heavy atom. The molecule has 1 aromatic carbocycles. The van der Waals surface area contributed by atoms with Crippen LogP contribution in [0.2, 0.25) is 0 Å². The number of esters is 1. The van der Waals surface area contributed by atoms with Crippen molar-refractivity contribution in [3.05, 3.63) is 28.2 Å². The Labute approximate surface area is 110 Å². The van der Waals surface area contributed by atoms with Gasteiger partial charge >= 0.3 is 5.97 Å². The summed E-state index contributed by atoms with van der Waals surface area (Å²) >= 11 is 3.38. The lowest BCUT2D eigenvalue weighted by Gasteiger charge is -2.11. The zero-order chi connectivity index (χ0) is 12.7.